The molecule has 1 atom stereocenters. The topological polar surface area (TPSA) is 93.9 Å². The number of nitro benzene ring substituents is 1. The minimum atomic E-state index is -0.526. The van der Waals surface area contributed by atoms with Crippen LogP contribution in [0.15, 0.2) is 48.5 Å². The van der Waals surface area contributed by atoms with E-state index in [4.69, 9.17) is 9.47 Å². The highest BCUT2D eigenvalue weighted by Gasteiger charge is 2.30. The summed E-state index contributed by atoms with van der Waals surface area (Å²) in [6, 6.07) is 13.4. The lowest BCUT2D eigenvalue weighted by Crippen LogP contribution is -2.50. The Balaban J connectivity index is 1.75. The van der Waals surface area contributed by atoms with E-state index in [9.17, 15) is 14.9 Å². The van der Waals surface area contributed by atoms with Gasteiger partial charge in [0.1, 0.15) is 5.75 Å². The summed E-state index contributed by atoms with van der Waals surface area (Å²) in [5, 5.41) is 14.4. The second kappa shape index (κ2) is 8.50. The van der Waals surface area contributed by atoms with E-state index in [-0.39, 0.29) is 30.0 Å². The Morgan fingerprint density at radius 2 is 1.93 bits per heavy atom. The Bertz CT molecular complexity index is 826. The monoisotopic (exact) mass is 371 g/mol. The Labute approximate surface area is 156 Å². The molecule has 142 valence electrons. The zero-order chi connectivity index (χ0) is 19.2. The third-order valence-electron chi connectivity index (χ3n) is 4.47. The molecule has 1 aliphatic heterocycles. The van der Waals surface area contributed by atoms with Gasteiger partial charge in [-0.1, -0.05) is 30.3 Å². The van der Waals surface area contributed by atoms with Crippen LogP contribution in [-0.4, -0.2) is 49.1 Å². The van der Waals surface area contributed by atoms with E-state index in [0.29, 0.717) is 25.4 Å². The van der Waals surface area contributed by atoms with Gasteiger partial charge in [0.05, 0.1) is 18.1 Å². The molecule has 3 rings (SSSR count). The molecule has 0 radical (unpaired) electrons. The lowest BCUT2D eigenvalue weighted by Gasteiger charge is -2.37. The summed E-state index contributed by atoms with van der Waals surface area (Å²) >= 11 is 0. The van der Waals surface area contributed by atoms with Crippen molar-refractivity contribution in [2.75, 3.05) is 33.4 Å². The van der Waals surface area contributed by atoms with Crippen molar-refractivity contribution >= 4 is 11.6 Å². The predicted molar refractivity (Wildman–Crippen MR) is 98.9 cm³/mol. The Kier molecular flexibility index (Phi) is 5.87. The van der Waals surface area contributed by atoms with Gasteiger partial charge in [-0.25, -0.2) is 0 Å². The summed E-state index contributed by atoms with van der Waals surface area (Å²) in [6.45, 7) is 1.51. The molecule has 0 saturated carbocycles. The van der Waals surface area contributed by atoms with Gasteiger partial charge in [-0.2, -0.15) is 0 Å². The van der Waals surface area contributed by atoms with Crippen LogP contribution < -0.4 is 14.8 Å². The van der Waals surface area contributed by atoms with Gasteiger partial charge in [0.25, 0.3) is 5.91 Å². The highest BCUT2D eigenvalue weighted by molar-refractivity contribution is 5.78. The quantitative estimate of drug-likeness (QED) is 0.618. The average molecular weight is 371 g/mol. The van der Waals surface area contributed by atoms with Crippen LogP contribution >= 0.6 is 0 Å². The maximum absolute atomic E-state index is 12.8. The number of nitrogens with one attached hydrogen (secondary N) is 1. The lowest BCUT2D eigenvalue weighted by atomic mass is 10.0. The van der Waals surface area contributed by atoms with E-state index in [0.717, 1.165) is 5.56 Å². The van der Waals surface area contributed by atoms with Gasteiger partial charge in [-0.05, 0) is 12.1 Å². The molecule has 0 spiro atoms. The first-order valence-electron chi connectivity index (χ1n) is 8.61. The van der Waals surface area contributed by atoms with Gasteiger partial charge in [-0.15, -0.1) is 0 Å². The standard InChI is InChI=1S/C19H21N3O5/c1-26-17-8-4-2-6-14(17)16-12-20-10-11-21(16)19(23)13-27-18-9-5-3-7-15(18)22(24)25/h2-9,16,20H,10-13H2,1H3. The fraction of sp³-hybridized carbons (Fsp3) is 0.316. The summed E-state index contributed by atoms with van der Waals surface area (Å²) in [7, 11) is 1.60. The van der Waals surface area contributed by atoms with Gasteiger partial charge < -0.3 is 19.7 Å². The predicted octanol–water partition coefficient (Wildman–Crippen LogP) is 2.16. The number of nitro groups is 1. The molecule has 2 aromatic carbocycles. The second-order valence-electron chi connectivity index (χ2n) is 6.06. The van der Waals surface area contributed by atoms with Crippen molar-refractivity contribution in [3.8, 4) is 11.5 Å². The molecule has 0 aromatic heterocycles. The number of hydrogen-bond donors (Lipinski definition) is 1. The first-order valence-corrected chi connectivity index (χ1v) is 8.61. The first kappa shape index (κ1) is 18.7. The number of ether oxygens (including phenoxy) is 2. The number of rotatable bonds is 6. The van der Waals surface area contributed by atoms with Crippen molar-refractivity contribution in [3.63, 3.8) is 0 Å². The molecule has 8 heteroatoms. The number of piperazine rings is 1. The third kappa shape index (κ3) is 4.17. The molecule has 27 heavy (non-hydrogen) atoms. The maximum atomic E-state index is 12.8. The Hall–Kier alpha value is -3.13. The van der Waals surface area contributed by atoms with Crippen molar-refractivity contribution in [2.45, 2.75) is 6.04 Å². The molecule has 1 unspecified atom stereocenters. The van der Waals surface area contributed by atoms with Crippen molar-refractivity contribution in [3.05, 3.63) is 64.2 Å². The largest absolute Gasteiger partial charge is 0.496 e. The summed E-state index contributed by atoms with van der Waals surface area (Å²) in [5.74, 6) is 0.564. The fourth-order valence-electron chi connectivity index (χ4n) is 3.17. The van der Waals surface area contributed by atoms with E-state index in [1.807, 2.05) is 24.3 Å². The van der Waals surface area contributed by atoms with Crippen molar-refractivity contribution < 1.29 is 19.2 Å². The summed E-state index contributed by atoms with van der Waals surface area (Å²) in [6.07, 6.45) is 0. The highest BCUT2D eigenvalue weighted by atomic mass is 16.6. The fourth-order valence-corrected chi connectivity index (χ4v) is 3.17. The summed E-state index contributed by atoms with van der Waals surface area (Å²) in [5.41, 5.74) is 0.748. The molecule has 2 aromatic rings. The van der Waals surface area contributed by atoms with Crippen LogP contribution in [0.1, 0.15) is 11.6 Å². The molecule has 1 fully saturated rings. The zero-order valence-electron chi connectivity index (χ0n) is 15.0. The van der Waals surface area contributed by atoms with Crippen molar-refractivity contribution in [1.29, 1.82) is 0 Å². The Morgan fingerprint density at radius 1 is 1.22 bits per heavy atom. The molecule has 0 bridgehead atoms. The Morgan fingerprint density at radius 3 is 2.67 bits per heavy atom. The second-order valence-corrected chi connectivity index (χ2v) is 6.06. The van der Waals surface area contributed by atoms with Crippen LogP contribution in [0, 0.1) is 10.1 Å². The number of nitrogens with zero attached hydrogens (tertiary/aromatic N) is 2. The average Bonchev–Trinajstić information content (AvgIpc) is 2.72. The number of para-hydroxylation sites is 3. The third-order valence-corrected chi connectivity index (χ3v) is 4.47. The molecule has 1 saturated heterocycles. The zero-order valence-corrected chi connectivity index (χ0v) is 15.0. The van der Waals surface area contributed by atoms with Crippen LogP contribution in [0.3, 0.4) is 0 Å². The maximum Gasteiger partial charge on any atom is 0.310 e. The molecular formula is C19H21N3O5. The van der Waals surface area contributed by atoms with Gasteiger partial charge in [0.2, 0.25) is 0 Å². The number of benzene rings is 2. The van der Waals surface area contributed by atoms with E-state index >= 15 is 0 Å². The van der Waals surface area contributed by atoms with Gasteiger partial charge in [-0.3, -0.25) is 14.9 Å². The SMILES string of the molecule is COc1ccccc1C1CNCCN1C(=O)COc1ccccc1[N+](=O)[O-]. The van der Waals surface area contributed by atoms with Crippen LogP contribution in [-0.2, 0) is 4.79 Å². The number of carbonyl (C=O) groups excluding carboxylic acids is 1. The molecular weight excluding hydrogens is 350 g/mol. The number of carbonyl (C=O) groups is 1. The highest BCUT2D eigenvalue weighted by Crippen LogP contribution is 2.31. The van der Waals surface area contributed by atoms with E-state index in [1.54, 1.807) is 24.1 Å². The number of amides is 1. The normalized spacial score (nSPS) is 16.6. The van der Waals surface area contributed by atoms with Gasteiger partial charge in [0, 0.05) is 31.3 Å². The minimum absolute atomic E-state index is 0.0832. The summed E-state index contributed by atoms with van der Waals surface area (Å²) < 4.78 is 10.9. The summed E-state index contributed by atoms with van der Waals surface area (Å²) in [4.78, 5) is 25.1. The van der Waals surface area contributed by atoms with Crippen LogP contribution in [0.25, 0.3) is 0 Å². The minimum Gasteiger partial charge on any atom is -0.496 e. The van der Waals surface area contributed by atoms with Crippen LogP contribution in [0.4, 0.5) is 5.69 Å². The van der Waals surface area contributed by atoms with E-state index in [1.165, 1.54) is 12.1 Å². The lowest BCUT2D eigenvalue weighted by molar-refractivity contribution is -0.385. The van der Waals surface area contributed by atoms with E-state index in [2.05, 4.69) is 5.32 Å². The van der Waals surface area contributed by atoms with Crippen molar-refractivity contribution in [1.82, 2.24) is 10.2 Å². The number of hydrogen-bond acceptors (Lipinski definition) is 6. The molecule has 1 amide bonds. The van der Waals surface area contributed by atoms with Gasteiger partial charge >= 0.3 is 5.69 Å². The molecule has 1 aliphatic rings. The van der Waals surface area contributed by atoms with Crippen LogP contribution in [0.2, 0.25) is 0 Å². The molecule has 0 aliphatic carbocycles. The number of methoxy groups -OCH3 is 1. The first-order chi connectivity index (χ1) is 13.1. The van der Waals surface area contributed by atoms with Crippen molar-refractivity contribution in [2.24, 2.45) is 0 Å². The van der Waals surface area contributed by atoms with Gasteiger partial charge in [0.15, 0.2) is 12.4 Å². The molecule has 8 nitrogen and oxygen atoms in total. The van der Waals surface area contributed by atoms with Crippen LogP contribution in [0.5, 0.6) is 11.5 Å². The smallest absolute Gasteiger partial charge is 0.310 e. The van der Waals surface area contributed by atoms with E-state index < -0.39 is 4.92 Å². The molecule has 1 heterocycles. The molecule has 1 N–H and O–H groups in total.